The Kier molecular flexibility index (Phi) is 6.70. The molecule has 1 atom stereocenters. The number of ether oxygens (including phenoxy) is 1. The van der Waals surface area contributed by atoms with E-state index in [1.165, 1.54) is 0 Å². The van der Waals surface area contributed by atoms with Crippen LogP contribution < -0.4 is 16.0 Å². The van der Waals surface area contributed by atoms with Gasteiger partial charge < -0.3 is 15.4 Å². The van der Waals surface area contributed by atoms with Gasteiger partial charge in [-0.15, -0.1) is 0 Å². The summed E-state index contributed by atoms with van der Waals surface area (Å²) in [5.41, 5.74) is 1.60. The topological polar surface area (TPSA) is 79.5 Å². The maximum atomic E-state index is 13.7. The minimum Gasteiger partial charge on any atom is -0.450 e. The molecule has 8 heteroatoms. The molecule has 0 heterocycles. The number of carbonyl (C=O) groups excluding carboxylic acids is 2. The third kappa shape index (κ3) is 5.40. The Bertz CT molecular complexity index is 843. The Morgan fingerprint density at radius 3 is 2.48 bits per heavy atom. The lowest BCUT2D eigenvalue weighted by atomic mass is 10.1. The quantitative estimate of drug-likeness (QED) is 0.702. The second kappa shape index (κ2) is 8.98. The Morgan fingerprint density at radius 2 is 1.78 bits per heavy atom. The van der Waals surface area contributed by atoms with Gasteiger partial charge in [0.15, 0.2) is 0 Å². The van der Waals surface area contributed by atoms with Crippen LogP contribution in [-0.2, 0) is 9.53 Å². The van der Waals surface area contributed by atoms with Crippen LogP contribution in [0.15, 0.2) is 36.4 Å². The van der Waals surface area contributed by atoms with Crippen LogP contribution in [0.2, 0.25) is 0 Å². The van der Waals surface area contributed by atoms with Crippen LogP contribution >= 0.6 is 0 Å². The number of hydrogen-bond acceptors (Lipinski definition) is 4. The first-order valence-electron chi connectivity index (χ1n) is 8.37. The van der Waals surface area contributed by atoms with Gasteiger partial charge in [0, 0.05) is 17.4 Å². The van der Waals surface area contributed by atoms with Gasteiger partial charge in [-0.1, -0.05) is 6.07 Å². The minimum absolute atomic E-state index is 0.233. The Balaban J connectivity index is 2.08. The molecule has 0 bridgehead atoms. The molecule has 2 aromatic rings. The van der Waals surface area contributed by atoms with Crippen LogP contribution in [0.3, 0.4) is 0 Å². The summed E-state index contributed by atoms with van der Waals surface area (Å²) < 4.78 is 31.7. The molecule has 0 aliphatic carbocycles. The van der Waals surface area contributed by atoms with E-state index < -0.39 is 29.7 Å². The normalized spacial score (nSPS) is 11.4. The van der Waals surface area contributed by atoms with Crippen LogP contribution in [0, 0.1) is 18.6 Å². The van der Waals surface area contributed by atoms with Crippen LogP contribution in [0.4, 0.5) is 30.6 Å². The first-order valence-corrected chi connectivity index (χ1v) is 8.37. The van der Waals surface area contributed by atoms with Crippen molar-refractivity contribution in [2.24, 2.45) is 0 Å². The van der Waals surface area contributed by atoms with Crippen LogP contribution in [0.1, 0.15) is 19.4 Å². The fraction of sp³-hybridized carbons (Fsp3) is 0.263. The zero-order valence-electron chi connectivity index (χ0n) is 15.2. The predicted octanol–water partition coefficient (Wildman–Crippen LogP) is 4.28. The Morgan fingerprint density at radius 1 is 1.07 bits per heavy atom. The van der Waals surface area contributed by atoms with E-state index in [2.05, 4.69) is 16.0 Å². The molecule has 0 saturated carbocycles. The van der Waals surface area contributed by atoms with Gasteiger partial charge in [0.25, 0.3) is 0 Å². The van der Waals surface area contributed by atoms with E-state index in [1.807, 2.05) is 0 Å². The number of benzene rings is 2. The number of halogens is 2. The number of carbonyl (C=O) groups is 2. The zero-order chi connectivity index (χ0) is 20.0. The predicted molar refractivity (Wildman–Crippen MR) is 99.9 cm³/mol. The van der Waals surface area contributed by atoms with Crippen molar-refractivity contribution in [1.82, 2.24) is 0 Å². The van der Waals surface area contributed by atoms with Gasteiger partial charge in [0.2, 0.25) is 5.91 Å². The molecule has 0 saturated heterocycles. The summed E-state index contributed by atoms with van der Waals surface area (Å²) in [4.78, 5) is 23.9. The molecule has 0 radical (unpaired) electrons. The molecule has 1 unspecified atom stereocenters. The monoisotopic (exact) mass is 377 g/mol. The molecular weight excluding hydrogens is 356 g/mol. The van der Waals surface area contributed by atoms with E-state index in [-0.39, 0.29) is 12.3 Å². The average molecular weight is 377 g/mol. The lowest BCUT2D eigenvalue weighted by Gasteiger charge is -2.19. The van der Waals surface area contributed by atoms with E-state index in [4.69, 9.17) is 4.74 Å². The second-order valence-corrected chi connectivity index (χ2v) is 5.80. The molecule has 27 heavy (non-hydrogen) atoms. The third-order valence-electron chi connectivity index (χ3n) is 3.80. The highest BCUT2D eigenvalue weighted by Crippen LogP contribution is 2.24. The van der Waals surface area contributed by atoms with Gasteiger partial charge in [-0.3, -0.25) is 10.1 Å². The number of hydrogen-bond donors (Lipinski definition) is 3. The van der Waals surface area contributed by atoms with E-state index in [0.717, 1.165) is 18.2 Å². The standard InChI is InChI=1S/C19H21F2N3O3/c1-4-27-19(26)24-16-7-5-6-15(11(16)2)22-12(3)18(25)23-17-10-13(20)8-9-14(17)21/h5-10,12,22H,4H2,1-3H3,(H,23,25)(H,24,26). The largest absolute Gasteiger partial charge is 0.450 e. The minimum atomic E-state index is -0.746. The summed E-state index contributed by atoms with van der Waals surface area (Å²) >= 11 is 0. The lowest BCUT2D eigenvalue weighted by Crippen LogP contribution is -2.32. The Hall–Kier alpha value is -3.16. The van der Waals surface area contributed by atoms with Crippen molar-refractivity contribution in [3.05, 3.63) is 53.6 Å². The molecule has 144 valence electrons. The van der Waals surface area contributed by atoms with E-state index in [0.29, 0.717) is 16.9 Å². The highest BCUT2D eigenvalue weighted by Gasteiger charge is 2.17. The molecule has 2 aromatic carbocycles. The van der Waals surface area contributed by atoms with Crippen molar-refractivity contribution in [3.63, 3.8) is 0 Å². The summed E-state index contributed by atoms with van der Waals surface area (Å²) in [6.45, 7) is 5.29. The summed E-state index contributed by atoms with van der Waals surface area (Å²) in [6.07, 6.45) is -0.579. The molecule has 2 rings (SSSR count). The van der Waals surface area contributed by atoms with Crippen LogP contribution in [0.5, 0.6) is 0 Å². The summed E-state index contributed by atoms with van der Waals surface area (Å²) in [7, 11) is 0. The summed E-state index contributed by atoms with van der Waals surface area (Å²) in [5, 5.41) is 7.95. The molecule has 0 aromatic heterocycles. The second-order valence-electron chi connectivity index (χ2n) is 5.80. The third-order valence-corrected chi connectivity index (χ3v) is 3.80. The average Bonchev–Trinajstić information content (AvgIpc) is 2.61. The maximum absolute atomic E-state index is 13.7. The number of nitrogens with one attached hydrogen (secondary N) is 3. The number of anilines is 3. The summed E-state index contributed by atoms with van der Waals surface area (Å²) in [5.74, 6) is -1.92. The van der Waals surface area contributed by atoms with E-state index in [1.54, 1.807) is 39.0 Å². The fourth-order valence-electron chi connectivity index (χ4n) is 2.34. The molecule has 3 N–H and O–H groups in total. The molecule has 6 nitrogen and oxygen atoms in total. The maximum Gasteiger partial charge on any atom is 0.411 e. The lowest BCUT2D eigenvalue weighted by molar-refractivity contribution is -0.116. The Labute approximate surface area is 155 Å². The van der Waals surface area contributed by atoms with Crippen molar-refractivity contribution in [2.75, 3.05) is 22.6 Å². The van der Waals surface area contributed by atoms with E-state index >= 15 is 0 Å². The van der Waals surface area contributed by atoms with Gasteiger partial charge in [-0.2, -0.15) is 0 Å². The number of amides is 2. The molecule has 0 fully saturated rings. The van der Waals surface area contributed by atoms with E-state index in [9.17, 15) is 18.4 Å². The molecular formula is C19H21F2N3O3. The van der Waals surface area contributed by atoms with Gasteiger partial charge >= 0.3 is 6.09 Å². The van der Waals surface area contributed by atoms with Crippen LogP contribution in [-0.4, -0.2) is 24.6 Å². The van der Waals surface area contributed by atoms with Crippen molar-refractivity contribution < 1.29 is 23.1 Å². The van der Waals surface area contributed by atoms with Crippen molar-refractivity contribution >= 4 is 29.1 Å². The van der Waals surface area contributed by atoms with Gasteiger partial charge in [-0.25, -0.2) is 13.6 Å². The van der Waals surface area contributed by atoms with Crippen LogP contribution in [0.25, 0.3) is 0 Å². The zero-order valence-corrected chi connectivity index (χ0v) is 15.2. The molecule has 0 aliphatic rings. The first kappa shape index (κ1) is 20.2. The van der Waals surface area contributed by atoms with Gasteiger partial charge in [0.1, 0.15) is 17.7 Å². The summed E-state index contributed by atoms with van der Waals surface area (Å²) in [6, 6.07) is 7.21. The van der Waals surface area contributed by atoms with Gasteiger partial charge in [-0.05, 0) is 50.6 Å². The highest BCUT2D eigenvalue weighted by molar-refractivity contribution is 5.96. The van der Waals surface area contributed by atoms with Gasteiger partial charge in [0.05, 0.1) is 12.3 Å². The fourth-order valence-corrected chi connectivity index (χ4v) is 2.34. The highest BCUT2D eigenvalue weighted by atomic mass is 19.1. The number of rotatable bonds is 6. The molecule has 2 amide bonds. The molecule has 0 spiro atoms. The smallest absolute Gasteiger partial charge is 0.411 e. The SMILES string of the molecule is CCOC(=O)Nc1cccc(NC(C)C(=O)Nc2cc(F)ccc2F)c1C. The van der Waals surface area contributed by atoms with Crippen molar-refractivity contribution in [2.45, 2.75) is 26.8 Å². The van der Waals surface area contributed by atoms with Crippen molar-refractivity contribution in [1.29, 1.82) is 0 Å². The van der Waals surface area contributed by atoms with Crippen molar-refractivity contribution in [3.8, 4) is 0 Å². The molecule has 0 aliphatic heterocycles. The first-order chi connectivity index (χ1) is 12.8.